The highest BCUT2D eigenvalue weighted by Crippen LogP contribution is 2.60. The van der Waals surface area contributed by atoms with Gasteiger partial charge in [-0.15, -0.1) is 0 Å². The van der Waals surface area contributed by atoms with E-state index < -0.39 is 0 Å². The normalized spacial score (nSPS) is 32.2. The van der Waals surface area contributed by atoms with Crippen LogP contribution in [0.25, 0.3) is 0 Å². The van der Waals surface area contributed by atoms with Gasteiger partial charge in [0.1, 0.15) is 5.75 Å². The Labute approximate surface area is 115 Å². The van der Waals surface area contributed by atoms with Crippen LogP contribution < -0.4 is 4.74 Å². The van der Waals surface area contributed by atoms with Crippen molar-refractivity contribution in [3.8, 4) is 5.75 Å². The Morgan fingerprint density at radius 3 is 2.63 bits per heavy atom. The topological polar surface area (TPSA) is 42.4 Å². The summed E-state index contributed by atoms with van der Waals surface area (Å²) in [5.41, 5.74) is 3.38. The Morgan fingerprint density at radius 2 is 2.05 bits per heavy atom. The number of aliphatic hydroxyl groups is 1. The van der Waals surface area contributed by atoms with Gasteiger partial charge in [0.15, 0.2) is 0 Å². The van der Waals surface area contributed by atoms with E-state index in [9.17, 15) is 5.11 Å². The molecule has 3 heteroatoms. The third-order valence-corrected chi connectivity index (χ3v) is 5.09. The minimum atomic E-state index is 0.0750. The lowest BCUT2D eigenvalue weighted by molar-refractivity contribution is 0.116. The van der Waals surface area contributed by atoms with Crippen molar-refractivity contribution in [2.45, 2.75) is 39.5 Å². The molecule has 2 unspecified atom stereocenters. The smallest absolute Gasteiger partial charge is 0.128 e. The molecule has 19 heavy (non-hydrogen) atoms. The molecule has 2 saturated carbocycles. The zero-order valence-electron chi connectivity index (χ0n) is 12.1. The zero-order valence-corrected chi connectivity index (χ0v) is 12.1. The Bertz CT molecular complexity index is 488. The van der Waals surface area contributed by atoms with E-state index in [1.165, 1.54) is 19.3 Å². The summed E-state index contributed by atoms with van der Waals surface area (Å²) in [6.45, 7) is 4.39. The van der Waals surface area contributed by atoms with Crippen LogP contribution in [0.5, 0.6) is 5.75 Å². The largest absolute Gasteiger partial charge is 0.496 e. The third-order valence-electron chi connectivity index (χ3n) is 5.09. The number of aryl methyl sites for hydroxylation is 1. The van der Waals surface area contributed by atoms with Crippen LogP contribution in [0.3, 0.4) is 0 Å². The molecule has 1 N–H and O–H groups in total. The van der Waals surface area contributed by atoms with Gasteiger partial charge in [-0.1, -0.05) is 0 Å². The zero-order chi connectivity index (χ0) is 13.6. The lowest BCUT2D eigenvalue weighted by Gasteiger charge is -2.29. The molecule has 1 heterocycles. The van der Waals surface area contributed by atoms with Gasteiger partial charge in [0, 0.05) is 29.6 Å². The summed E-state index contributed by atoms with van der Waals surface area (Å²) in [5.74, 6) is 2.70. The molecule has 1 aromatic rings. The van der Waals surface area contributed by atoms with Gasteiger partial charge in [-0.2, -0.15) is 0 Å². The van der Waals surface area contributed by atoms with Crippen molar-refractivity contribution in [3.05, 3.63) is 23.0 Å². The van der Waals surface area contributed by atoms with E-state index in [0.717, 1.165) is 40.8 Å². The summed E-state index contributed by atoms with van der Waals surface area (Å²) in [5, 5.41) is 9.83. The van der Waals surface area contributed by atoms with Gasteiger partial charge in [-0.3, -0.25) is 4.98 Å². The van der Waals surface area contributed by atoms with Crippen molar-refractivity contribution in [1.29, 1.82) is 0 Å². The van der Waals surface area contributed by atoms with E-state index in [1.54, 1.807) is 7.11 Å². The summed E-state index contributed by atoms with van der Waals surface area (Å²) in [7, 11) is 1.71. The number of aliphatic hydroxyl groups excluding tert-OH is 1. The lowest BCUT2D eigenvalue weighted by atomic mass is 9.78. The second-order valence-corrected chi connectivity index (χ2v) is 6.55. The summed E-state index contributed by atoms with van der Waals surface area (Å²) in [4.78, 5) is 4.59. The maximum Gasteiger partial charge on any atom is 0.128 e. The molecule has 0 amide bonds. The minimum Gasteiger partial charge on any atom is -0.496 e. The fourth-order valence-electron chi connectivity index (χ4n) is 3.94. The summed E-state index contributed by atoms with van der Waals surface area (Å²) < 4.78 is 5.47. The molecule has 3 nitrogen and oxygen atoms in total. The van der Waals surface area contributed by atoms with Gasteiger partial charge >= 0.3 is 0 Å². The summed E-state index contributed by atoms with van der Waals surface area (Å²) >= 11 is 0. The number of nitrogens with zero attached hydrogens (tertiary/aromatic N) is 1. The fraction of sp³-hybridized carbons (Fsp3) is 0.688. The van der Waals surface area contributed by atoms with Gasteiger partial charge in [-0.25, -0.2) is 0 Å². The second-order valence-electron chi connectivity index (χ2n) is 6.55. The van der Waals surface area contributed by atoms with Gasteiger partial charge in [0.2, 0.25) is 0 Å². The van der Waals surface area contributed by atoms with Crippen molar-refractivity contribution < 1.29 is 9.84 Å². The van der Waals surface area contributed by atoms with E-state index >= 15 is 0 Å². The number of fused-ring (bicyclic) bond motifs is 1. The van der Waals surface area contributed by atoms with Gasteiger partial charge in [0.05, 0.1) is 7.11 Å². The number of hydrogen-bond donors (Lipinski definition) is 1. The standard InChI is InChI=1S/C16H23NO2/c1-10-8-17-14(11(2)15(10)19-3)7-16(9-18)5-12-4-13(12)6-16/h8,12-13,18H,4-7,9H2,1-3H3. The van der Waals surface area contributed by atoms with Gasteiger partial charge in [-0.05, 0) is 56.8 Å². The molecule has 0 aliphatic heterocycles. The lowest BCUT2D eigenvalue weighted by Crippen LogP contribution is -2.27. The molecule has 1 aromatic heterocycles. The molecule has 3 rings (SSSR count). The van der Waals surface area contributed by atoms with E-state index in [4.69, 9.17) is 4.74 Å². The number of hydrogen-bond acceptors (Lipinski definition) is 3. The molecule has 0 spiro atoms. The molecular formula is C16H23NO2. The molecule has 2 aliphatic carbocycles. The van der Waals surface area contributed by atoms with Crippen molar-refractivity contribution in [2.24, 2.45) is 17.3 Å². The van der Waals surface area contributed by atoms with Crippen molar-refractivity contribution in [1.82, 2.24) is 4.98 Å². The Morgan fingerprint density at radius 1 is 1.37 bits per heavy atom. The number of ether oxygens (including phenoxy) is 1. The van der Waals surface area contributed by atoms with Crippen molar-refractivity contribution in [3.63, 3.8) is 0 Å². The highest BCUT2D eigenvalue weighted by molar-refractivity contribution is 5.41. The Kier molecular flexibility index (Phi) is 3.05. The number of methoxy groups -OCH3 is 1. The van der Waals surface area contributed by atoms with Crippen LogP contribution in [0.1, 0.15) is 36.1 Å². The molecule has 104 valence electrons. The van der Waals surface area contributed by atoms with Crippen LogP contribution in [0.2, 0.25) is 0 Å². The highest BCUT2D eigenvalue weighted by Gasteiger charge is 2.53. The van der Waals surface area contributed by atoms with E-state index in [1.807, 2.05) is 13.1 Å². The maximum atomic E-state index is 9.83. The minimum absolute atomic E-state index is 0.0750. The quantitative estimate of drug-likeness (QED) is 0.906. The van der Waals surface area contributed by atoms with E-state index in [2.05, 4.69) is 11.9 Å². The maximum absolute atomic E-state index is 9.83. The van der Waals surface area contributed by atoms with Gasteiger partial charge < -0.3 is 9.84 Å². The predicted molar refractivity (Wildman–Crippen MR) is 74.3 cm³/mol. The number of rotatable bonds is 4. The second kappa shape index (κ2) is 4.48. The molecular weight excluding hydrogens is 238 g/mol. The third kappa shape index (κ3) is 2.14. The first-order valence-corrected chi connectivity index (χ1v) is 7.18. The van der Waals surface area contributed by atoms with Gasteiger partial charge in [0.25, 0.3) is 0 Å². The Hall–Kier alpha value is -1.09. The van der Waals surface area contributed by atoms with Crippen LogP contribution in [0.15, 0.2) is 6.20 Å². The van der Waals surface area contributed by atoms with E-state index in [0.29, 0.717) is 0 Å². The molecule has 2 aliphatic rings. The Balaban J connectivity index is 1.86. The fourth-order valence-corrected chi connectivity index (χ4v) is 3.94. The molecule has 2 fully saturated rings. The molecule has 0 radical (unpaired) electrons. The van der Waals surface area contributed by atoms with Crippen molar-refractivity contribution >= 4 is 0 Å². The monoisotopic (exact) mass is 261 g/mol. The van der Waals surface area contributed by atoms with Crippen LogP contribution in [-0.4, -0.2) is 23.8 Å². The van der Waals surface area contributed by atoms with Crippen LogP contribution in [0.4, 0.5) is 0 Å². The molecule has 0 aromatic carbocycles. The first-order chi connectivity index (χ1) is 9.08. The molecule has 2 atom stereocenters. The SMILES string of the molecule is COc1c(C)cnc(CC2(CO)CC3CC3C2)c1C. The predicted octanol–water partition coefficient (Wildman–Crippen LogP) is 2.66. The van der Waals surface area contributed by atoms with Crippen molar-refractivity contribution in [2.75, 3.05) is 13.7 Å². The first-order valence-electron chi connectivity index (χ1n) is 7.18. The number of pyridine rings is 1. The van der Waals surface area contributed by atoms with Crippen LogP contribution in [0, 0.1) is 31.1 Å². The van der Waals surface area contributed by atoms with Crippen LogP contribution >= 0.6 is 0 Å². The van der Waals surface area contributed by atoms with E-state index in [-0.39, 0.29) is 12.0 Å². The highest BCUT2D eigenvalue weighted by atomic mass is 16.5. The average molecular weight is 261 g/mol. The molecule has 0 bridgehead atoms. The summed E-state index contributed by atoms with van der Waals surface area (Å²) in [6.07, 6.45) is 6.50. The number of aromatic nitrogens is 1. The molecule has 0 saturated heterocycles. The van der Waals surface area contributed by atoms with Crippen LogP contribution in [-0.2, 0) is 6.42 Å². The average Bonchev–Trinajstić information content (AvgIpc) is 3.02. The first kappa shape index (κ1) is 12.9. The summed E-state index contributed by atoms with van der Waals surface area (Å²) in [6, 6.07) is 0.